The third-order valence-corrected chi connectivity index (χ3v) is 8.12. The summed E-state index contributed by atoms with van der Waals surface area (Å²) in [5.74, 6) is 2.20. The molecule has 196 valence electrons. The number of benzene rings is 1. The highest BCUT2D eigenvalue weighted by Gasteiger charge is 2.54. The molecule has 8 heteroatoms. The van der Waals surface area contributed by atoms with Crippen LogP contribution in [-0.2, 0) is 6.54 Å². The predicted octanol–water partition coefficient (Wildman–Crippen LogP) is 4.48. The SMILES string of the molecule is C=CC1C[N+]2(Cc3cc(OCC)nc(OCC)n3)CCC1CC2[C@@H](O)c1ccnc2ccc(OC)cc12. The molecule has 0 saturated carbocycles. The van der Waals surface area contributed by atoms with Crippen molar-refractivity contribution in [3.05, 3.63) is 60.4 Å². The van der Waals surface area contributed by atoms with Crippen LogP contribution >= 0.6 is 0 Å². The molecule has 1 aromatic carbocycles. The maximum Gasteiger partial charge on any atom is 0.320 e. The summed E-state index contributed by atoms with van der Waals surface area (Å²) >= 11 is 0. The summed E-state index contributed by atoms with van der Waals surface area (Å²) in [4.78, 5) is 13.7. The molecule has 8 nitrogen and oxygen atoms in total. The first kappa shape index (κ1) is 25.4. The Bertz CT molecular complexity index is 1240. The van der Waals surface area contributed by atoms with Crippen molar-refractivity contribution in [2.75, 3.05) is 33.4 Å². The molecule has 3 fully saturated rings. The molecule has 2 aromatic heterocycles. The lowest BCUT2D eigenvalue weighted by molar-refractivity contribution is -0.985. The summed E-state index contributed by atoms with van der Waals surface area (Å²) in [6, 6.07) is 10.0. The second-order valence-corrected chi connectivity index (χ2v) is 10.1. The number of methoxy groups -OCH3 is 1. The Hall–Kier alpha value is -3.23. The van der Waals surface area contributed by atoms with E-state index in [2.05, 4.69) is 22.6 Å². The van der Waals surface area contributed by atoms with Gasteiger partial charge in [0, 0.05) is 36.4 Å². The Morgan fingerprint density at radius 3 is 2.76 bits per heavy atom. The molecule has 3 saturated heterocycles. The smallest absolute Gasteiger partial charge is 0.320 e. The van der Waals surface area contributed by atoms with Crippen LogP contribution in [0, 0.1) is 11.8 Å². The number of aliphatic hydroxyl groups excluding tert-OH is 1. The number of aliphatic hydroxyl groups is 1. The second-order valence-electron chi connectivity index (χ2n) is 10.1. The molecule has 0 spiro atoms. The molecule has 6 rings (SSSR count). The molecule has 0 aliphatic carbocycles. The van der Waals surface area contributed by atoms with E-state index in [-0.39, 0.29) is 6.04 Å². The van der Waals surface area contributed by atoms with Crippen LogP contribution in [0.1, 0.15) is 44.1 Å². The minimum absolute atomic E-state index is 0.00723. The highest BCUT2D eigenvalue weighted by Crippen LogP contribution is 2.48. The summed E-state index contributed by atoms with van der Waals surface area (Å²) in [7, 11) is 1.66. The van der Waals surface area contributed by atoms with E-state index in [0.29, 0.717) is 43.5 Å². The van der Waals surface area contributed by atoms with Crippen molar-refractivity contribution in [2.45, 2.75) is 45.4 Å². The quantitative estimate of drug-likeness (QED) is 0.321. The lowest BCUT2D eigenvalue weighted by Crippen LogP contribution is -2.67. The first-order chi connectivity index (χ1) is 18.0. The third kappa shape index (κ3) is 4.88. The third-order valence-electron chi connectivity index (χ3n) is 8.12. The molecule has 1 N–H and O–H groups in total. The monoisotopic (exact) mass is 505 g/mol. The molecule has 5 heterocycles. The van der Waals surface area contributed by atoms with Crippen LogP contribution in [0.25, 0.3) is 10.9 Å². The van der Waals surface area contributed by atoms with Gasteiger partial charge < -0.3 is 23.8 Å². The molecule has 0 amide bonds. The zero-order chi connectivity index (χ0) is 26.0. The first-order valence-electron chi connectivity index (χ1n) is 13.2. The zero-order valence-corrected chi connectivity index (χ0v) is 22.0. The van der Waals surface area contributed by atoms with Crippen LogP contribution in [0.4, 0.5) is 0 Å². The van der Waals surface area contributed by atoms with Gasteiger partial charge in [0.25, 0.3) is 0 Å². The summed E-state index contributed by atoms with van der Waals surface area (Å²) in [5, 5.41) is 12.9. The van der Waals surface area contributed by atoms with Gasteiger partial charge in [-0.05, 0) is 49.6 Å². The van der Waals surface area contributed by atoms with Gasteiger partial charge >= 0.3 is 6.01 Å². The molecular formula is C29H37N4O4+. The van der Waals surface area contributed by atoms with E-state index in [1.165, 1.54) is 0 Å². The highest BCUT2D eigenvalue weighted by molar-refractivity contribution is 5.83. The van der Waals surface area contributed by atoms with Gasteiger partial charge in [-0.1, -0.05) is 6.08 Å². The lowest BCUT2D eigenvalue weighted by Gasteiger charge is -2.58. The van der Waals surface area contributed by atoms with Gasteiger partial charge in [-0.3, -0.25) is 4.98 Å². The van der Waals surface area contributed by atoms with E-state index in [1.807, 2.05) is 44.2 Å². The fraction of sp³-hybridized carbons (Fsp3) is 0.483. The molecule has 37 heavy (non-hydrogen) atoms. The Balaban J connectivity index is 1.55. The molecule has 4 unspecified atom stereocenters. The summed E-state index contributed by atoms with van der Waals surface area (Å²) < 4.78 is 17.6. The van der Waals surface area contributed by atoms with Crippen LogP contribution in [0.15, 0.2) is 49.2 Å². The standard InChI is InChI=1S/C29H37N4O4/c1-5-19-17-33(18-21-15-27(36-6-2)32-29(31-21)37-7-3)13-11-20(19)14-26(33)28(34)23-10-12-30-25-9-8-22(35-4)16-24(23)25/h5,8-10,12,15-16,19-20,26,28,34H,1,6-7,11,13-14,17-18H2,2-4H3/q+1/t19?,20?,26?,28-,33?/m0/s1. The van der Waals surface area contributed by atoms with Gasteiger partial charge in [-0.25, -0.2) is 0 Å². The fourth-order valence-corrected chi connectivity index (χ4v) is 6.39. The number of ether oxygens (including phenoxy) is 3. The predicted molar refractivity (Wildman–Crippen MR) is 142 cm³/mol. The normalized spacial score (nSPS) is 25.6. The lowest BCUT2D eigenvalue weighted by atomic mass is 9.71. The summed E-state index contributed by atoms with van der Waals surface area (Å²) in [6.45, 7) is 11.6. The molecule has 3 aliphatic rings. The average molecular weight is 506 g/mol. The highest BCUT2D eigenvalue weighted by atomic mass is 16.5. The van der Waals surface area contributed by atoms with Gasteiger partial charge in [0.15, 0.2) is 0 Å². The average Bonchev–Trinajstić information content (AvgIpc) is 2.92. The van der Waals surface area contributed by atoms with Crippen molar-refractivity contribution < 1.29 is 23.8 Å². The molecule has 3 aliphatic heterocycles. The number of rotatable bonds is 10. The largest absolute Gasteiger partial charge is 0.497 e. The number of pyridine rings is 1. The van der Waals surface area contributed by atoms with E-state index in [4.69, 9.17) is 19.2 Å². The van der Waals surface area contributed by atoms with E-state index >= 15 is 0 Å². The molecular weight excluding hydrogens is 468 g/mol. The van der Waals surface area contributed by atoms with Gasteiger partial charge in [-0.15, -0.1) is 6.58 Å². The van der Waals surface area contributed by atoms with E-state index < -0.39 is 6.10 Å². The Kier molecular flexibility index (Phi) is 7.31. The molecule has 0 radical (unpaired) electrons. The minimum Gasteiger partial charge on any atom is -0.497 e. The Morgan fingerprint density at radius 1 is 1.16 bits per heavy atom. The minimum atomic E-state index is -0.661. The fourth-order valence-electron chi connectivity index (χ4n) is 6.39. The number of fused-ring (bicyclic) bond motifs is 4. The van der Waals surface area contributed by atoms with Crippen molar-refractivity contribution in [3.63, 3.8) is 0 Å². The number of hydrogen-bond acceptors (Lipinski definition) is 7. The van der Waals surface area contributed by atoms with Gasteiger partial charge in [-0.2, -0.15) is 9.97 Å². The Labute approximate surface area is 218 Å². The number of hydrogen-bond donors (Lipinski definition) is 1. The number of nitrogens with zero attached hydrogens (tertiary/aromatic N) is 4. The van der Waals surface area contributed by atoms with Gasteiger partial charge in [0.2, 0.25) is 5.88 Å². The molecule has 5 atom stereocenters. The number of aromatic nitrogens is 3. The van der Waals surface area contributed by atoms with Crippen LogP contribution in [-0.4, -0.2) is 64.0 Å². The zero-order valence-electron chi connectivity index (χ0n) is 22.0. The van der Waals surface area contributed by atoms with Gasteiger partial charge in [0.05, 0.1) is 38.9 Å². The van der Waals surface area contributed by atoms with Crippen LogP contribution in [0.5, 0.6) is 17.6 Å². The molecule has 3 aromatic rings. The first-order valence-corrected chi connectivity index (χ1v) is 13.2. The maximum absolute atomic E-state index is 12.0. The number of quaternary nitrogens is 1. The van der Waals surface area contributed by atoms with Crippen molar-refractivity contribution in [1.82, 2.24) is 15.0 Å². The van der Waals surface area contributed by atoms with E-state index in [0.717, 1.165) is 58.3 Å². The second kappa shape index (κ2) is 10.6. The molecule has 2 bridgehead atoms. The summed E-state index contributed by atoms with van der Waals surface area (Å²) in [5.41, 5.74) is 2.60. The van der Waals surface area contributed by atoms with Crippen molar-refractivity contribution in [1.29, 1.82) is 0 Å². The van der Waals surface area contributed by atoms with E-state index in [9.17, 15) is 5.11 Å². The van der Waals surface area contributed by atoms with Crippen molar-refractivity contribution >= 4 is 10.9 Å². The van der Waals surface area contributed by atoms with Crippen molar-refractivity contribution in [2.24, 2.45) is 11.8 Å². The van der Waals surface area contributed by atoms with Crippen LogP contribution < -0.4 is 14.2 Å². The maximum atomic E-state index is 12.0. The van der Waals surface area contributed by atoms with Crippen LogP contribution in [0.2, 0.25) is 0 Å². The topological polar surface area (TPSA) is 86.6 Å². The van der Waals surface area contributed by atoms with E-state index in [1.54, 1.807) is 13.3 Å². The number of piperidine rings is 3. The van der Waals surface area contributed by atoms with Crippen LogP contribution in [0.3, 0.4) is 0 Å². The van der Waals surface area contributed by atoms with Crippen molar-refractivity contribution in [3.8, 4) is 17.6 Å². The Morgan fingerprint density at radius 2 is 2.00 bits per heavy atom. The van der Waals surface area contributed by atoms with Gasteiger partial charge in [0.1, 0.15) is 30.1 Å². The summed E-state index contributed by atoms with van der Waals surface area (Å²) in [6.07, 6.45) is 5.25.